The first-order chi connectivity index (χ1) is 8.33. The minimum atomic E-state index is 0.409. The Bertz CT molecular complexity index is 538. The lowest BCUT2D eigenvalue weighted by atomic mass is 10.1. The van der Waals surface area contributed by atoms with E-state index in [1.54, 1.807) is 6.20 Å². The van der Waals surface area contributed by atoms with Crippen molar-refractivity contribution in [2.24, 2.45) is 0 Å². The smallest absolute Gasteiger partial charge is 0.163 e. The highest BCUT2D eigenvalue weighted by atomic mass is 14.9. The van der Waals surface area contributed by atoms with Gasteiger partial charge in [-0.05, 0) is 36.2 Å². The van der Waals surface area contributed by atoms with E-state index in [9.17, 15) is 0 Å². The van der Waals surface area contributed by atoms with E-state index in [2.05, 4.69) is 35.4 Å². The predicted molar refractivity (Wildman–Crippen MR) is 68.1 cm³/mol. The van der Waals surface area contributed by atoms with Gasteiger partial charge >= 0.3 is 0 Å². The summed E-state index contributed by atoms with van der Waals surface area (Å²) < 4.78 is 0. The maximum absolute atomic E-state index is 8.93. The molecule has 0 bridgehead atoms. The average molecular weight is 223 g/mol. The van der Waals surface area contributed by atoms with Crippen molar-refractivity contribution in [3.05, 3.63) is 53.9 Å². The lowest BCUT2D eigenvalue weighted by Crippen LogP contribution is -1.95. The lowest BCUT2D eigenvalue weighted by molar-refractivity contribution is 1.14. The van der Waals surface area contributed by atoms with E-state index >= 15 is 0 Å². The Morgan fingerprint density at radius 2 is 2.00 bits per heavy atom. The minimum absolute atomic E-state index is 0.409. The van der Waals surface area contributed by atoms with Crippen molar-refractivity contribution in [3.8, 4) is 6.07 Å². The molecule has 1 heterocycles. The highest BCUT2D eigenvalue weighted by Gasteiger charge is 2.01. The molecule has 0 aliphatic rings. The van der Waals surface area contributed by atoms with E-state index in [4.69, 9.17) is 5.26 Å². The van der Waals surface area contributed by atoms with Crippen LogP contribution in [-0.4, -0.2) is 4.98 Å². The Hall–Kier alpha value is -2.34. The molecule has 1 aromatic heterocycles. The van der Waals surface area contributed by atoms with E-state index in [1.807, 2.05) is 24.3 Å². The van der Waals surface area contributed by atoms with Gasteiger partial charge in [0.15, 0.2) is 5.69 Å². The second kappa shape index (κ2) is 5.13. The molecule has 0 saturated heterocycles. The fraction of sp³-hybridized carbons (Fsp3) is 0.143. The number of hydrogen-bond donors (Lipinski definition) is 1. The zero-order chi connectivity index (χ0) is 12.1. The van der Waals surface area contributed by atoms with Crippen molar-refractivity contribution in [1.82, 2.24) is 4.98 Å². The molecule has 2 aromatic rings. The lowest BCUT2D eigenvalue weighted by Gasteiger charge is -2.07. The highest BCUT2D eigenvalue weighted by molar-refractivity contribution is 5.64. The van der Waals surface area contributed by atoms with Crippen LogP contribution in [0.25, 0.3) is 0 Å². The summed E-state index contributed by atoms with van der Waals surface area (Å²) in [6.07, 6.45) is 2.64. The third-order valence-corrected chi connectivity index (χ3v) is 2.55. The SMILES string of the molecule is CCc1ccc(Nc2cccnc2C#N)cc1. The topological polar surface area (TPSA) is 48.7 Å². The molecule has 17 heavy (non-hydrogen) atoms. The number of pyridine rings is 1. The van der Waals surface area contributed by atoms with E-state index in [0.29, 0.717) is 5.69 Å². The van der Waals surface area contributed by atoms with Crippen molar-refractivity contribution in [1.29, 1.82) is 5.26 Å². The third kappa shape index (κ3) is 2.61. The van der Waals surface area contributed by atoms with E-state index in [-0.39, 0.29) is 0 Å². The molecule has 1 N–H and O–H groups in total. The van der Waals surface area contributed by atoms with Crippen LogP contribution in [0, 0.1) is 11.3 Å². The predicted octanol–water partition coefficient (Wildman–Crippen LogP) is 3.26. The zero-order valence-electron chi connectivity index (χ0n) is 9.64. The number of rotatable bonds is 3. The van der Waals surface area contributed by atoms with Gasteiger partial charge in [0.1, 0.15) is 6.07 Å². The molecule has 1 aromatic carbocycles. The summed E-state index contributed by atoms with van der Waals surface area (Å²) in [4.78, 5) is 4.00. The van der Waals surface area contributed by atoms with Gasteiger partial charge in [-0.3, -0.25) is 0 Å². The molecule has 0 spiro atoms. The summed E-state index contributed by atoms with van der Waals surface area (Å²) in [6.45, 7) is 2.12. The van der Waals surface area contributed by atoms with Gasteiger partial charge in [0, 0.05) is 11.9 Å². The van der Waals surface area contributed by atoms with E-state index < -0.39 is 0 Å². The van der Waals surface area contributed by atoms with E-state index in [0.717, 1.165) is 17.8 Å². The first-order valence-electron chi connectivity index (χ1n) is 5.54. The maximum atomic E-state index is 8.93. The number of aryl methyl sites for hydroxylation is 1. The largest absolute Gasteiger partial charge is 0.353 e. The minimum Gasteiger partial charge on any atom is -0.353 e. The fourth-order valence-electron chi connectivity index (χ4n) is 1.57. The molecule has 0 radical (unpaired) electrons. The Morgan fingerprint density at radius 3 is 2.65 bits per heavy atom. The van der Waals surface area contributed by atoms with Gasteiger partial charge in [-0.2, -0.15) is 5.26 Å². The molecule has 0 fully saturated rings. The van der Waals surface area contributed by atoms with Crippen LogP contribution in [-0.2, 0) is 6.42 Å². The molecule has 0 unspecified atom stereocenters. The van der Waals surface area contributed by atoms with Crippen molar-refractivity contribution >= 4 is 11.4 Å². The summed E-state index contributed by atoms with van der Waals surface area (Å²) in [7, 11) is 0. The van der Waals surface area contributed by atoms with Crippen LogP contribution >= 0.6 is 0 Å². The molecule has 84 valence electrons. The Kier molecular flexibility index (Phi) is 3.37. The monoisotopic (exact) mass is 223 g/mol. The van der Waals surface area contributed by atoms with Gasteiger partial charge in [0.05, 0.1) is 5.69 Å². The van der Waals surface area contributed by atoms with Gasteiger partial charge in [-0.15, -0.1) is 0 Å². The Morgan fingerprint density at radius 1 is 1.24 bits per heavy atom. The summed E-state index contributed by atoms with van der Waals surface area (Å²) in [5, 5.41) is 12.1. The van der Waals surface area contributed by atoms with Crippen molar-refractivity contribution < 1.29 is 0 Å². The first-order valence-corrected chi connectivity index (χ1v) is 5.54. The Labute approximate surface area is 101 Å². The standard InChI is InChI=1S/C14H13N3/c1-2-11-5-7-12(8-6-11)17-13-4-3-9-16-14(13)10-15/h3-9,17H,2H2,1H3. The number of nitriles is 1. The Balaban J connectivity index is 2.23. The van der Waals surface area contributed by atoms with Crippen LogP contribution in [0.1, 0.15) is 18.2 Å². The number of nitrogens with one attached hydrogen (secondary N) is 1. The second-order valence-corrected chi connectivity index (χ2v) is 3.69. The van der Waals surface area contributed by atoms with Crippen LogP contribution < -0.4 is 5.32 Å². The van der Waals surface area contributed by atoms with Crippen molar-refractivity contribution in [3.63, 3.8) is 0 Å². The molecule has 0 saturated carbocycles. The maximum Gasteiger partial charge on any atom is 0.163 e. The van der Waals surface area contributed by atoms with Gasteiger partial charge in [0.2, 0.25) is 0 Å². The van der Waals surface area contributed by atoms with Crippen molar-refractivity contribution in [2.75, 3.05) is 5.32 Å². The average Bonchev–Trinajstić information content (AvgIpc) is 2.40. The summed E-state index contributed by atoms with van der Waals surface area (Å²) in [5.74, 6) is 0. The first kappa shape index (κ1) is 11.2. The number of anilines is 2. The van der Waals surface area contributed by atoms with Crippen LogP contribution in [0.15, 0.2) is 42.6 Å². The molecule has 2 rings (SSSR count). The fourth-order valence-corrected chi connectivity index (χ4v) is 1.57. The quantitative estimate of drug-likeness (QED) is 0.868. The summed E-state index contributed by atoms with van der Waals surface area (Å²) in [5.41, 5.74) is 3.40. The van der Waals surface area contributed by atoms with Gasteiger partial charge in [-0.1, -0.05) is 19.1 Å². The highest BCUT2D eigenvalue weighted by Crippen LogP contribution is 2.19. The molecule has 3 heteroatoms. The molecule has 3 nitrogen and oxygen atoms in total. The molecule has 0 amide bonds. The molecular formula is C14H13N3. The van der Waals surface area contributed by atoms with Gasteiger partial charge in [0.25, 0.3) is 0 Å². The second-order valence-electron chi connectivity index (χ2n) is 3.69. The van der Waals surface area contributed by atoms with Crippen LogP contribution in [0.3, 0.4) is 0 Å². The van der Waals surface area contributed by atoms with Crippen molar-refractivity contribution in [2.45, 2.75) is 13.3 Å². The number of benzene rings is 1. The third-order valence-electron chi connectivity index (χ3n) is 2.55. The van der Waals surface area contributed by atoms with Gasteiger partial charge in [-0.25, -0.2) is 4.98 Å². The van der Waals surface area contributed by atoms with Gasteiger partial charge < -0.3 is 5.32 Å². The zero-order valence-corrected chi connectivity index (χ0v) is 9.64. The summed E-state index contributed by atoms with van der Waals surface area (Å²) >= 11 is 0. The molecule has 0 aliphatic heterocycles. The summed E-state index contributed by atoms with van der Waals surface area (Å²) in [6, 6.07) is 13.9. The van der Waals surface area contributed by atoms with Crippen LogP contribution in [0.2, 0.25) is 0 Å². The number of hydrogen-bond acceptors (Lipinski definition) is 3. The number of nitrogens with zero attached hydrogens (tertiary/aromatic N) is 2. The molecule has 0 atom stereocenters. The van der Waals surface area contributed by atoms with E-state index in [1.165, 1.54) is 5.56 Å². The molecular weight excluding hydrogens is 210 g/mol. The van der Waals surface area contributed by atoms with Crippen LogP contribution in [0.5, 0.6) is 0 Å². The molecule has 0 aliphatic carbocycles. The number of aromatic nitrogens is 1. The van der Waals surface area contributed by atoms with Crippen LogP contribution in [0.4, 0.5) is 11.4 Å². The normalized spacial score (nSPS) is 9.65.